The van der Waals surface area contributed by atoms with Crippen LogP contribution >= 0.6 is 22.6 Å². The Morgan fingerprint density at radius 3 is 2.94 bits per heavy atom. The summed E-state index contributed by atoms with van der Waals surface area (Å²) in [7, 11) is 0. The molecule has 1 atom stereocenters. The average molecular weight is 359 g/mol. The zero-order valence-electron chi connectivity index (χ0n) is 10.1. The van der Waals surface area contributed by atoms with Crippen LogP contribution in [0, 0.1) is 9.39 Å². The van der Waals surface area contributed by atoms with E-state index >= 15 is 0 Å². The molecule has 2 rings (SSSR count). The van der Waals surface area contributed by atoms with Crippen LogP contribution in [-0.4, -0.2) is 9.55 Å². The first-order valence-electron chi connectivity index (χ1n) is 5.82. The van der Waals surface area contributed by atoms with Gasteiger partial charge in [-0.15, -0.1) is 0 Å². The predicted octanol–water partition coefficient (Wildman–Crippen LogP) is 2.89. The standard InChI is InChI=1S/C13H15FIN3/c1-2-18-6-5-17-13(18)8-12(16)10-4-3-9(14)7-11(10)15/h3-7,12H,2,8,16H2,1H3. The second kappa shape index (κ2) is 5.79. The lowest BCUT2D eigenvalue weighted by atomic mass is 10.0. The van der Waals surface area contributed by atoms with Crippen LogP contribution in [0.1, 0.15) is 24.4 Å². The van der Waals surface area contributed by atoms with E-state index in [4.69, 9.17) is 5.73 Å². The number of nitrogens with zero attached hydrogens (tertiary/aromatic N) is 2. The molecule has 1 aromatic carbocycles. The molecule has 1 aromatic heterocycles. The monoisotopic (exact) mass is 359 g/mol. The smallest absolute Gasteiger partial charge is 0.124 e. The van der Waals surface area contributed by atoms with Crippen molar-refractivity contribution in [1.82, 2.24) is 9.55 Å². The summed E-state index contributed by atoms with van der Waals surface area (Å²) >= 11 is 2.11. The van der Waals surface area contributed by atoms with Gasteiger partial charge in [0.15, 0.2) is 0 Å². The Morgan fingerprint density at radius 2 is 2.28 bits per heavy atom. The maximum absolute atomic E-state index is 13.0. The first kappa shape index (κ1) is 13.5. The molecule has 2 N–H and O–H groups in total. The Morgan fingerprint density at radius 1 is 1.50 bits per heavy atom. The van der Waals surface area contributed by atoms with E-state index in [1.807, 2.05) is 6.20 Å². The summed E-state index contributed by atoms with van der Waals surface area (Å²) in [5.41, 5.74) is 7.14. The Hall–Kier alpha value is -0.950. The highest BCUT2D eigenvalue weighted by Crippen LogP contribution is 2.22. The van der Waals surface area contributed by atoms with Crippen LogP contribution in [-0.2, 0) is 13.0 Å². The van der Waals surface area contributed by atoms with Gasteiger partial charge < -0.3 is 10.3 Å². The van der Waals surface area contributed by atoms with Gasteiger partial charge in [0, 0.05) is 35.0 Å². The SMILES string of the molecule is CCn1ccnc1CC(N)c1ccc(F)cc1I. The van der Waals surface area contributed by atoms with Crippen molar-refractivity contribution < 1.29 is 4.39 Å². The van der Waals surface area contributed by atoms with Crippen LogP contribution in [0.25, 0.3) is 0 Å². The van der Waals surface area contributed by atoms with Crippen molar-refractivity contribution in [2.45, 2.75) is 25.9 Å². The summed E-state index contributed by atoms with van der Waals surface area (Å²) in [5, 5.41) is 0. The van der Waals surface area contributed by atoms with Crippen molar-refractivity contribution in [3.05, 3.63) is 51.4 Å². The number of rotatable bonds is 4. The van der Waals surface area contributed by atoms with Gasteiger partial charge in [0.2, 0.25) is 0 Å². The molecule has 0 saturated carbocycles. The summed E-state index contributed by atoms with van der Waals surface area (Å²) < 4.78 is 16.0. The van der Waals surface area contributed by atoms with Crippen LogP contribution < -0.4 is 5.73 Å². The molecule has 0 bridgehead atoms. The third-order valence-electron chi connectivity index (χ3n) is 2.91. The Kier molecular flexibility index (Phi) is 4.34. The van der Waals surface area contributed by atoms with Gasteiger partial charge in [0.05, 0.1) is 0 Å². The van der Waals surface area contributed by atoms with Crippen LogP contribution in [0.4, 0.5) is 4.39 Å². The van der Waals surface area contributed by atoms with Gasteiger partial charge in [-0.05, 0) is 47.2 Å². The molecule has 0 spiro atoms. The molecular weight excluding hydrogens is 344 g/mol. The third-order valence-corrected chi connectivity index (χ3v) is 3.84. The number of hydrogen-bond donors (Lipinski definition) is 1. The minimum atomic E-state index is -0.231. The first-order valence-corrected chi connectivity index (χ1v) is 6.90. The van der Waals surface area contributed by atoms with E-state index in [2.05, 4.69) is 39.1 Å². The van der Waals surface area contributed by atoms with Crippen LogP contribution in [0.5, 0.6) is 0 Å². The molecular formula is C13H15FIN3. The lowest BCUT2D eigenvalue weighted by molar-refractivity contribution is 0.612. The van der Waals surface area contributed by atoms with Gasteiger partial charge in [-0.3, -0.25) is 0 Å². The molecule has 2 aromatic rings. The van der Waals surface area contributed by atoms with E-state index in [9.17, 15) is 4.39 Å². The number of hydrogen-bond acceptors (Lipinski definition) is 2. The fourth-order valence-electron chi connectivity index (χ4n) is 1.93. The highest BCUT2D eigenvalue weighted by atomic mass is 127. The summed E-state index contributed by atoms with van der Waals surface area (Å²) in [5.74, 6) is 0.732. The molecule has 0 fully saturated rings. The number of imidazole rings is 1. The van der Waals surface area contributed by atoms with Crippen molar-refractivity contribution in [1.29, 1.82) is 0 Å². The molecule has 0 radical (unpaired) electrons. The minimum Gasteiger partial charge on any atom is -0.335 e. The second-order valence-corrected chi connectivity index (χ2v) is 5.27. The largest absolute Gasteiger partial charge is 0.335 e. The molecule has 3 nitrogen and oxygen atoms in total. The zero-order valence-corrected chi connectivity index (χ0v) is 12.3. The van der Waals surface area contributed by atoms with Crippen molar-refractivity contribution in [2.75, 3.05) is 0 Å². The molecule has 0 aliphatic carbocycles. The number of halogens is 2. The zero-order chi connectivity index (χ0) is 13.1. The van der Waals surface area contributed by atoms with Crippen molar-refractivity contribution in [3.63, 3.8) is 0 Å². The van der Waals surface area contributed by atoms with Gasteiger partial charge in [-0.2, -0.15) is 0 Å². The van der Waals surface area contributed by atoms with Crippen molar-refractivity contribution >= 4 is 22.6 Å². The van der Waals surface area contributed by atoms with E-state index in [0.29, 0.717) is 6.42 Å². The maximum atomic E-state index is 13.0. The Labute approximate surface area is 119 Å². The average Bonchev–Trinajstić information content (AvgIpc) is 2.76. The van der Waals surface area contributed by atoms with E-state index in [-0.39, 0.29) is 11.9 Å². The van der Waals surface area contributed by atoms with Gasteiger partial charge in [0.1, 0.15) is 11.6 Å². The number of aromatic nitrogens is 2. The molecule has 18 heavy (non-hydrogen) atoms. The summed E-state index contributed by atoms with van der Waals surface area (Å²) in [6, 6.07) is 4.54. The first-order chi connectivity index (χ1) is 8.61. The highest BCUT2D eigenvalue weighted by molar-refractivity contribution is 14.1. The molecule has 96 valence electrons. The van der Waals surface area contributed by atoms with Crippen LogP contribution in [0.2, 0.25) is 0 Å². The third kappa shape index (κ3) is 2.89. The van der Waals surface area contributed by atoms with Gasteiger partial charge in [0.25, 0.3) is 0 Å². The maximum Gasteiger partial charge on any atom is 0.124 e. The lowest BCUT2D eigenvalue weighted by Crippen LogP contribution is -2.17. The summed E-state index contributed by atoms with van der Waals surface area (Å²) in [6.45, 7) is 2.95. The molecule has 0 saturated heterocycles. The second-order valence-electron chi connectivity index (χ2n) is 4.11. The minimum absolute atomic E-state index is 0.162. The quantitative estimate of drug-likeness (QED) is 0.854. The fraction of sp³-hybridized carbons (Fsp3) is 0.308. The lowest BCUT2D eigenvalue weighted by Gasteiger charge is -2.14. The number of nitrogens with two attached hydrogens (primary N) is 1. The normalized spacial score (nSPS) is 12.7. The van der Waals surface area contributed by atoms with Gasteiger partial charge >= 0.3 is 0 Å². The van der Waals surface area contributed by atoms with E-state index in [0.717, 1.165) is 21.5 Å². The molecule has 5 heteroatoms. The fourth-order valence-corrected chi connectivity index (χ4v) is 2.80. The van der Waals surface area contributed by atoms with Crippen molar-refractivity contribution in [2.24, 2.45) is 5.73 Å². The Balaban J connectivity index is 2.19. The molecule has 1 unspecified atom stereocenters. The van der Waals surface area contributed by atoms with E-state index < -0.39 is 0 Å². The van der Waals surface area contributed by atoms with Crippen LogP contribution in [0.3, 0.4) is 0 Å². The summed E-state index contributed by atoms with van der Waals surface area (Å²) in [4.78, 5) is 4.31. The van der Waals surface area contributed by atoms with Gasteiger partial charge in [-0.1, -0.05) is 6.07 Å². The van der Waals surface area contributed by atoms with Crippen LogP contribution in [0.15, 0.2) is 30.6 Å². The Bertz CT molecular complexity index is 539. The highest BCUT2D eigenvalue weighted by Gasteiger charge is 2.13. The molecule has 0 aliphatic rings. The number of benzene rings is 1. The summed E-state index contributed by atoms with van der Waals surface area (Å²) in [6.07, 6.45) is 4.38. The number of aryl methyl sites for hydroxylation is 1. The van der Waals surface area contributed by atoms with Gasteiger partial charge in [-0.25, -0.2) is 9.37 Å². The molecule has 1 heterocycles. The molecule has 0 amide bonds. The predicted molar refractivity (Wildman–Crippen MR) is 77.7 cm³/mol. The molecule has 0 aliphatic heterocycles. The topological polar surface area (TPSA) is 43.8 Å². The van der Waals surface area contributed by atoms with E-state index in [1.54, 1.807) is 12.3 Å². The van der Waals surface area contributed by atoms with E-state index in [1.165, 1.54) is 12.1 Å². The van der Waals surface area contributed by atoms with Crippen molar-refractivity contribution in [3.8, 4) is 0 Å².